The van der Waals surface area contributed by atoms with E-state index in [0.717, 1.165) is 5.56 Å². The van der Waals surface area contributed by atoms with Gasteiger partial charge in [-0.15, -0.1) is 0 Å². The molecule has 24 heavy (non-hydrogen) atoms. The molecule has 0 aliphatic carbocycles. The highest BCUT2D eigenvalue weighted by atomic mass is 32.2. The van der Waals surface area contributed by atoms with Crippen LogP contribution in [0.5, 0.6) is 0 Å². The van der Waals surface area contributed by atoms with E-state index in [2.05, 4.69) is 20.8 Å². The lowest BCUT2D eigenvalue weighted by molar-refractivity contribution is -0.206. The second kappa shape index (κ2) is 5.27. The Morgan fingerprint density at radius 3 is 2.25 bits per heavy atom. The van der Waals surface area contributed by atoms with E-state index in [1.807, 2.05) is 19.1 Å². The molecule has 6 heteroatoms. The topological polar surface area (TPSA) is 77.8 Å². The lowest BCUT2D eigenvalue weighted by atomic mass is 9.87. The van der Waals surface area contributed by atoms with Crippen LogP contribution in [0.15, 0.2) is 29.2 Å². The Morgan fingerprint density at radius 2 is 1.75 bits per heavy atom. The number of piperidine rings is 1. The number of rotatable bonds is 2. The first kappa shape index (κ1) is 17.9. The minimum atomic E-state index is -3.66. The summed E-state index contributed by atoms with van der Waals surface area (Å²) in [6, 6.07) is 6.70. The van der Waals surface area contributed by atoms with Crippen molar-refractivity contribution in [3.8, 4) is 0 Å². The summed E-state index contributed by atoms with van der Waals surface area (Å²) in [6.45, 7) is 8.08. The molecular formula is C18H27NO4S. The van der Waals surface area contributed by atoms with Gasteiger partial charge in [0.25, 0.3) is 0 Å². The number of hydrogen-bond acceptors (Lipinski definition) is 4. The summed E-state index contributed by atoms with van der Waals surface area (Å²) in [5, 5.41) is 20.1. The third kappa shape index (κ3) is 2.90. The van der Waals surface area contributed by atoms with E-state index in [9.17, 15) is 18.6 Å². The number of aliphatic hydroxyl groups is 2. The van der Waals surface area contributed by atoms with Crippen LogP contribution >= 0.6 is 0 Å². The first-order valence-corrected chi connectivity index (χ1v) is 9.89. The van der Waals surface area contributed by atoms with E-state index in [1.165, 1.54) is 4.31 Å². The summed E-state index contributed by atoms with van der Waals surface area (Å²) in [5.41, 5.74) is 0.304. The normalized spacial score (nSPS) is 30.5. The van der Waals surface area contributed by atoms with Gasteiger partial charge in [-0.2, -0.15) is 4.31 Å². The van der Waals surface area contributed by atoms with Crippen molar-refractivity contribution in [2.45, 2.75) is 81.1 Å². The van der Waals surface area contributed by atoms with Gasteiger partial charge in [0.2, 0.25) is 10.0 Å². The number of fused-ring (bicyclic) bond motifs is 2. The van der Waals surface area contributed by atoms with Crippen LogP contribution in [-0.4, -0.2) is 40.3 Å². The summed E-state index contributed by atoms with van der Waals surface area (Å²) in [6.07, 6.45) is 1.44. The molecule has 2 atom stereocenters. The molecule has 2 heterocycles. The van der Waals surface area contributed by atoms with Crippen LogP contribution in [0.2, 0.25) is 0 Å². The van der Waals surface area contributed by atoms with Gasteiger partial charge in [-0.1, -0.05) is 32.9 Å². The highest BCUT2D eigenvalue weighted by Gasteiger charge is 2.58. The Hall–Kier alpha value is -0.950. The maximum absolute atomic E-state index is 13.2. The van der Waals surface area contributed by atoms with E-state index in [-0.39, 0.29) is 29.2 Å². The number of benzene rings is 1. The van der Waals surface area contributed by atoms with Gasteiger partial charge >= 0.3 is 0 Å². The zero-order chi connectivity index (χ0) is 18.0. The van der Waals surface area contributed by atoms with Crippen molar-refractivity contribution in [3.63, 3.8) is 0 Å². The highest BCUT2D eigenvalue weighted by molar-refractivity contribution is 7.89. The Balaban J connectivity index is 1.97. The molecule has 2 aliphatic heterocycles. The second-order valence-corrected chi connectivity index (χ2v) is 10.4. The Bertz CT molecular complexity index is 733. The average molecular weight is 353 g/mol. The zero-order valence-corrected chi connectivity index (χ0v) is 15.6. The Labute approximate surface area is 144 Å². The molecule has 3 rings (SSSR count). The van der Waals surface area contributed by atoms with Gasteiger partial charge in [0.05, 0.1) is 4.90 Å². The molecule has 134 valence electrons. The maximum atomic E-state index is 13.2. The number of nitrogens with zero attached hydrogens (tertiary/aromatic N) is 1. The van der Waals surface area contributed by atoms with Crippen LogP contribution < -0.4 is 0 Å². The van der Waals surface area contributed by atoms with Gasteiger partial charge in [0, 0.05) is 24.4 Å². The smallest absolute Gasteiger partial charge is 0.243 e. The van der Waals surface area contributed by atoms with Crippen LogP contribution in [0, 0.1) is 0 Å². The zero-order valence-electron chi connectivity index (χ0n) is 14.8. The standard InChI is InChI=1S/C18H27NO4S/c1-16(2,3)13-5-7-15(8-6-13)24(22,23)19-14-9-10-17(19,4)12-18(20,21)11-14/h5-8,14,20-21H,9-12H2,1-4H3/t14-,17+/m1/s1. The molecule has 0 radical (unpaired) electrons. The van der Waals surface area contributed by atoms with Gasteiger partial charge in [-0.3, -0.25) is 0 Å². The minimum absolute atomic E-state index is 0.0359. The van der Waals surface area contributed by atoms with Crippen molar-refractivity contribution >= 4 is 10.0 Å². The monoisotopic (exact) mass is 353 g/mol. The van der Waals surface area contributed by atoms with Gasteiger partial charge in [0.1, 0.15) is 0 Å². The summed E-state index contributed by atoms with van der Waals surface area (Å²) >= 11 is 0. The second-order valence-electron chi connectivity index (χ2n) is 8.63. The van der Waals surface area contributed by atoms with E-state index in [4.69, 9.17) is 0 Å². The molecule has 1 aromatic rings. The summed E-state index contributed by atoms with van der Waals surface area (Å²) in [4.78, 5) is 0.275. The number of hydrogen-bond donors (Lipinski definition) is 2. The minimum Gasteiger partial charge on any atom is -0.365 e. The van der Waals surface area contributed by atoms with Gasteiger partial charge < -0.3 is 10.2 Å². The summed E-state index contributed by atoms with van der Waals surface area (Å²) in [7, 11) is -3.66. The predicted octanol–water partition coefficient (Wildman–Crippen LogP) is 2.37. The summed E-state index contributed by atoms with van der Waals surface area (Å²) < 4.78 is 27.9. The van der Waals surface area contributed by atoms with Crippen LogP contribution in [0.25, 0.3) is 0 Å². The SMILES string of the molecule is CC(C)(C)c1ccc(S(=O)(=O)N2[C@@H]3CC[C@@]2(C)CC(O)(O)C3)cc1. The molecule has 2 fully saturated rings. The van der Waals surface area contributed by atoms with Crippen LogP contribution in [0.3, 0.4) is 0 Å². The predicted molar refractivity (Wildman–Crippen MR) is 92.0 cm³/mol. The number of sulfonamides is 1. The molecule has 2 saturated heterocycles. The fourth-order valence-corrected chi connectivity index (χ4v) is 6.30. The fraction of sp³-hybridized carbons (Fsp3) is 0.667. The fourth-order valence-electron chi connectivity index (χ4n) is 4.28. The summed E-state index contributed by atoms with van der Waals surface area (Å²) in [5.74, 6) is -1.78. The van der Waals surface area contributed by atoms with Crippen molar-refractivity contribution in [2.75, 3.05) is 0 Å². The molecule has 0 spiro atoms. The van der Waals surface area contributed by atoms with Gasteiger partial charge in [0.15, 0.2) is 5.79 Å². The Kier molecular flexibility index (Phi) is 3.92. The molecule has 1 aromatic carbocycles. The largest absolute Gasteiger partial charge is 0.365 e. The van der Waals surface area contributed by atoms with E-state index < -0.39 is 21.3 Å². The third-order valence-electron chi connectivity index (χ3n) is 5.38. The average Bonchev–Trinajstić information content (AvgIpc) is 2.66. The molecule has 2 aliphatic rings. The quantitative estimate of drug-likeness (QED) is 0.800. The lowest BCUT2D eigenvalue weighted by Crippen LogP contribution is -2.58. The van der Waals surface area contributed by atoms with Crippen molar-refractivity contribution in [3.05, 3.63) is 29.8 Å². The molecule has 2 N–H and O–H groups in total. The first-order valence-electron chi connectivity index (χ1n) is 8.45. The molecule has 5 nitrogen and oxygen atoms in total. The van der Waals surface area contributed by atoms with Crippen molar-refractivity contribution < 1.29 is 18.6 Å². The molecular weight excluding hydrogens is 326 g/mol. The van der Waals surface area contributed by atoms with Gasteiger partial charge in [-0.25, -0.2) is 8.42 Å². The molecule has 0 saturated carbocycles. The molecule has 0 unspecified atom stereocenters. The third-order valence-corrected chi connectivity index (χ3v) is 7.51. The molecule has 0 aromatic heterocycles. The molecule has 0 amide bonds. The van der Waals surface area contributed by atoms with Crippen molar-refractivity contribution in [2.24, 2.45) is 0 Å². The van der Waals surface area contributed by atoms with Crippen molar-refractivity contribution in [1.82, 2.24) is 4.31 Å². The first-order chi connectivity index (χ1) is 10.9. The Morgan fingerprint density at radius 1 is 1.17 bits per heavy atom. The van der Waals surface area contributed by atoms with Crippen LogP contribution in [0.1, 0.15) is 58.9 Å². The van der Waals surface area contributed by atoms with E-state index in [1.54, 1.807) is 12.1 Å². The van der Waals surface area contributed by atoms with Crippen LogP contribution in [0.4, 0.5) is 0 Å². The molecule has 2 bridgehead atoms. The van der Waals surface area contributed by atoms with Crippen LogP contribution in [-0.2, 0) is 15.4 Å². The van der Waals surface area contributed by atoms with E-state index in [0.29, 0.717) is 12.8 Å². The van der Waals surface area contributed by atoms with E-state index >= 15 is 0 Å². The van der Waals surface area contributed by atoms with Gasteiger partial charge in [-0.05, 0) is 42.9 Å². The maximum Gasteiger partial charge on any atom is 0.243 e. The van der Waals surface area contributed by atoms with Crippen molar-refractivity contribution in [1.29, 1.82) is 0 Å². The lowest BCUT2D eigenvalue weighted by Gasteiger charge is -2.46. The highest BCUT2D eigenvalue weighted by Crippen LogP contribution is 2.49.